The van der Waals surface area contributed by atoms with Crippen LogP contribution in [0, 0.1) is 28.6 Å². The molecule has 1 unspecified atom stereocenters. The molecule has 4 saturated heterocycles. The topological polar surface area (TPSA) is 162 Å². The maximum Gasteiger partial charge on any atom is 0.262 e. The first kappa shape index (κ1) is 41.2. The van der Waals surface area contributed by atoms with Crippen molar-refractivity contribution in [1.29, 1.82) is 5.26 Å². The number of benzene rings is 2. The maximum absolute atomic E-state index is 13.4. The molecular weight excluding hydrogens is 782 g/mol. The molecule has 1 aromatic heterocycles. The van der Waals surface area contributed by atoms with E-state index >= 15 is 0 Å². The highest BCUT2D eigenvalue weighted by Crippen LogP contribution is 2.44. The van der Waals surface area contributed by atoms with Crippen molar-refractivity contribution in [2.45, 2.75) is 57.4 Å². The lowest BCUT2D eigenvalue weighted by atomic mass is 9.71. The summed E-state index contributed by atoms with van der Waals surface area (Å²) >= 11 is 6.24. The van der Waals surface area contributed by atoms with Gasteiger partial charge in [0.15, 0.2) is 0 Å². The maximum atomic E-state index is 13.4. The number of carbonyl (C=O) groups is 5. The van der Waals surface area contributed by atoms with Gasteiger partial charge in [0.2, 0.25) is 11.8 Å². The van der Waals surface area contributed by atoms with Crippen molar-refractivity contribution < 1.29 is 24.0 Å². The van der Waals surface area contributed by atoms with E-state index in [1.54, 1.807) is 18.2 Å². The number of likely N-dealkylation sites (N-methyl/N-ethyl adjacent to an activating group) is 1. The zero-order chi connectivity index (χ0) is 42.0. The van der Waals surface area contributed by atoms with E-state index in [-0.39, 0.29) is 30.1 Å². The Morgan fingerprint density at radius 3 is 2.18 bits per heavy atom. The van der Waals surface area contributed by atoms with Crippen molar-refractivity contribution in [3.8, 4) is 6.07 Å². The van der Waals surface area contributed by atoms with Gasteiger partial charge in [-0.25, -0.2) is 4.98 Å². The van der Waals surface area contributed by atoms with Gasteiger partial charge in [-0.3, -0.25) is 24.1 Å². The Morgan fingerprint density at radius 2 is 1.53 bits per heavy atom. The zero-order valence-electron chi connectivity index (χ0n) is 34.1. The molecule has 4 fully saturated rings. The van der Waals surface area contributed by atoms with Gasteiger partial charge in [0.1, 0.15) is 24.2 Å². The number of anilines is 4. The second-order valence-corrected chi connectivity index (χ2v) is 17.5. The van der Waals surface area contributed by atoms with E-state index in [9.17, 15) is 24.0 Å². The molecule has 1 spiro atoms. The third-order valence-electron chi connectivity index (χ3n) is 13.5. The fourth-order valence-electron chi connectivity index (χ4n) is 9.77. The highest BCUT2D eigenvalue weighted by Gasteiger charge is 2.47. The minimum absolute atomic E-state index is 0.00196. The first-order valence-electron chi connectivity index (χ1n) is 21.2. The number of carbonyl (C=O) groups excluding carboxylic acids is 5. The second kappa shape index (κ2) is 17.6. The zero-order valence-corrected chi connectivity index (χ0v) is 34.8. The van der Waals surface area contributed by atoms with Gasteiger partial charge in [0.05, 0.1) is 33.6 Å². The van der Waals surface area contributed by atoms with E-state index in [2.05, 4.69) is 47.4 Å². The molecule has 2 N–H and O–H groups in total. The van der Waals surface area contributed by atoms with Gasteiger partial charge < -0.3 is 35.0 Å². The lowest BCUT2D eigenvalue weighted by Crippen LogP contribution is -2.60. The number of aromatic nitrogens is 1. The first-order valence-corrected chi connectivity index (χ1v) is 21.6. The van der Waals surface area contributed by atoms with Crippen LogP contribution in [0.2, 0.25) is 5.02 Å². The van der Waals surface area contributed by atoms with Gasteiger partial charge in [-0.1, -0.05) is 11.6 Å². The Morgan fingerprint density at radius 1 is 0.883 bits per heavy atom. The van der Waals surface area contributed by atoms with Gasteiger partial charge in [-0.05, 0) is 112 Å². The summed E-state index contributed by atoms with van der Waals surface area (Å²) in [6.45, 7) is 8.52. The van der Waals surface area contributed by atoms with Crippen molar-refractivity contribution in [3.05, 3.63) is 76.4 Å². The molecule has 0 radical (unpaired) electrons. The van der Waals surface area contributed by atoms with Gasteiger partial charge in [-0.2, -0.15) is 5.26 Å². The summed E-state index contributed by atoms with van der Waals surface area (Å²) in [4.78, 5) is 78.5. The number of nitriles is 1. The third kappa shape index (κ3) is 8.43. The van der Waals surface area contributed by atoms with E-state index in [4.69, 9.17) is 16.9 Å². The lowest BCUT2D eigenvalue weighted by Gasteiger charge is -2.55. The molecule has 8 rings (SSSR count). The van der Waals surface area contributed by atoms with Gasteiger partial charge >= 0.3 is 0 Å². The summed E-state index contributed by atoms with van der Waals surface area (Å²) in [6.07, 6.45) is 8.69. The van der Waals surface area contributed by atoms with Crippen LogP contribution < -0.4 is 25.3 Å². The SMILES string of the molecule is CNC(=O)C(CCC=O)N1C(=O)c2ccc(N3CC4(CCN(CC5CCN(c6ccc(NC(=O)C7CCN(c8ccc(C#N)c(Cl)c8)CC7)nc6)CC5)CC4)C3)cc2C1=O. The second-order valence-electron chi connectivity index (χ2n) is 17.1. The van der Waals surface area contributed by atoms with Gasteiger partial charge in [-0.15, -0.1) is 0 Å². The van der Waals surface area contributed by atoms with E-state index in [1.165, 1.54) is 7.05 Å². The lowest BCUT2D eigenvalue weighted by molar-refractivity contribution is -0.125. The summed E-state index contributed by atoms with van der Waals surface area (Å²) in [5.41, 5.74) is 4.28. The number of amides is 4. The van der Waals surface area contributed by atoms with Crippen molar-refractivity contribution in [3.63, 3.8) is 0 Å². The Kier molecular flexibility index (Phi) is 12.1. The summed E-state index contributed by atoms with van der Waals surface area (Å²) in [6, 6.07) is 15.9. The monoisotopic (exact) mass is 833 g/mol. The molecule has 60 heavy (non-hydrogen) atoms. The number of fused-ring (bicyclic) bond motifs is 1. The van der Waals surface area contributed by atoms with Crippen LogP contribution in [0.15, 0.2) is 54.7 Å². The van der Waals surface area contributed by atoms with E-state index in [0.717, 1.165) is 119 Å². The highest BCUT2D eigenvalue weighted by molar-refractivity contribution is 6.32. The molecule has 4 amide bonds. The normalized spacial score (nSPS) is 20.1. The number of nitrogens with one attached hydrogen (secondary N) is 2. The number of hydrogen-bond donors (Lipinski definition) is 2. The van der Waals surface area contributed by atoms with Crippen LogP contribution in [0.1, 0.15) is 77.6 Å². The number of likely N-dealkylation sites (tertiary alicyclic amines) is 1. The summed E-state index contributed by atoms with van der Waals surface area (Å²) < 4.78 is 0. The minimum Gasteiger partial charge on any atom is -0.371 e. The minimum atomic E-state index is -1.02. The largest absolute Gasteiger partial charge is 0.371 e. The van der Waals surface area contributed by atoms with Crippen LogP contribution in [0.25, 0.3) is 0 Å². The third-order valence-corrected chi connectivity index (χ3v) is 13.8. The standard InChI is InChI=1S/C45H52ClN9O5/c1-48-42(58)39(3-2-22-56)55-43(59)36-8-6-33(23-37(36)44(55)60)54-28-45(29-54)14-20-51(21-15-45)27-30-10-16-53(17-11-30)35-7-9-40(49-26-35)50-41(57)31-12-18-52(19-13-31)34-5-4-32(25-47)38(46)24-34/h4-9,22-24,26,30-31,39H,2-3,10-21,27-29H2,1H3,(H,48,58)(H,49,50,57). The van der Waals surface area contributed by atoms with Crippen LogP contribution in [0.4, 0.5) is 22.9 Å². The van der Waals surface area contributed by atoms with Crippen molar-refractivity contribution in [2.75, 3.05) is 86.0 Å². The number of aldehydes is 1. The van der Waals surface area contributed by atoms with Crippen LogP contribution >= 0.6 is 11.6 Å². The summed E-state index contributed by atoms with van der Waals surface area (Å²) in [7, 11) is 1.46. The number of hydrogen-bond acceptors (Lipinski definition) is 11. The molecule has 0 bridgehead atoms. The quantitative estimate of drug-likeness (QED) is 0.187. The van der Waals surface area contributed by atoms with E-state index in [1.807, 2.05) is 30.5 Å². The predicted molar refractivity (Wildman–Crippen MR) is 229 cm³/mol. The van der Waals surface area contributed by atoms with E-state index in [0.29, 0.717) is 39.7 Å². The molecule has 3 aromatic rings. The van der Waals surface area contributed by atoms with Gasteiger partial charge in [0, 0.05) is 82.0 Å². The number of nitrogens with zero attached hydrogens (tertiary/aromatic N) is 7. The molecule has 2 aromatic carbocycles. The summed E-state index contributed by atoms with van der Waals surface area (Å²) in [5, 5.41) is 15.1. The molecule has 1 atom stereocenters. The number of piperidine rings is 3. The van der Waals surface area contributed by atoms with Crippen LogP contribution in [-0.4, -0.2) is 117 Å². The Bertz CT molecular complexity index is 2160. The van der Waals surface area contributed by atoms with Crippen molar-refractivity contribution in [2.24, 2.45) is 17.3 Å². The van der Waals surface area contributed by atoms with Gasteiger partial charge in [0.25, 0.3) is 11.8 Å². The average molecular weight is 834 g/mol. The fourth-order valence-corrected chi connectivity index (χ4v) is 9.99. The number of pyridine rings is 1. The predicted octanol–water partition coefficient (Wildman–Crippen LogP) is 4.97. The molecule has 14 nitrogen and oxygen atoms in total. The highest BCUT2D eigenvalue weighted by atomic mass is 35.5. The van der Waals surface area contributed by atoms with Crippen LogP contribution in [-0.2, 0) is 14.4 Å². The fraction of sp³-hybridized carbons (Fsp3) is 0.489. The summed E-state index contributed by atoms with van der Waals surface area (Å²) in [5.74, 6) is -0.317. The average Bonchev–Trinajstić information content (AvgIpc) is 3.51. The number of halogens is 1. The van der Waals surface area contributed by atoms with Crippen LogP contribution in [0.3, 0.4) is 0 Å². The number of imide groups is 1. The smallest absolute Gasteiger partial charge is 0.262 e. The Hall–Kier alpha value is -5.52. The molecule has 6 heterocycles. The molecule has 314 valence electrons. The molecule has 0 saturated carbocycles. The van der Waals surface area contributed by atoms with E-state index < -0.39 is 23.8 Å². The van der Waals surface area contributed by atoms with Crippen molar-refractivity contribution >= 4 is 64.4 Å². The Balaban J connectivity index is 0.749. The molecule has 5 aliphatic rings. The Labute approximate surface area is 355 Å². The van der Waals surface area contributed by atoms with Crippen molar-refractivity contribution in [1.82, 2.24) is 20.1 Å². The molecule has 5 aliphatic heterocycles. The molecule has 0 aliphatic carbocycles. The number of rotatable bonds is 12. The first-order chi connectivity index (χ1) is 29.1. The molecular formula is C45H52ClN9O5. The van der Waals surface area contributed by atoms with Crippen LogP contribution in [0.5, 0.6) is 0 Å². The molecule has 15 heteroatoms.